The fourth-order valence-electron chi connectivity index (χ4n) is 1.98. The van der Waals surface area contributed by atoms with E-state index in [1.807, 2.05) is 31.2 Å². The number of nitro groups is 1. The highest BCUT2D eigenvalue weighted by Gasteiger charge is 2.20. The summed E-state index contributed by atoms with van der Waals surface area (Å²) in [4.78, 5) is 25.4. The molecule has 0 saturated heterocycles. The Labute approximate surface area is 137 Å². The van der Waals surface area contributed by atoms with Gasteiger partial charge in [-0.25, -0.2) is 4.98 Å². The SMILES string of the molecule is Cc1ccc(CCC(Sc2ccc([N+](=O)[O-])cn2)C(=O)O)cc1. The summed E-state index contributed by atoms with van der Waals surface area (Å²) in [6.07, 6.45) is 2.25. The van der Waals surface area contributed by atoms with Crippen molar-refractivity contribution in [2.24, 2.45) is 0 Å². The average Bonchev–Trinajstić information content (AvgIpc) is 2.53. The molecule has 0 fully saturated rings. The van der Waals surface area contributed by atoms with Crippen LogP contribution in [0.4, 0.5) is 5.69 Å². The van der Waals surface area contributed by atoms with Crippen molar-refractivity contribution in [1.29, 1.82) is 0 Å². The molecule has 2 rings (SSSR count). The molecule has 7 heteroatoms. The number of rotatable bonds is 7. The largest absolute Gasteiger partial charge is 0.480 e. The zero-order valence-electron chi connectivity index (χ0n) is 12.5. The number of aliphatic carboxylic acids is 1. The van der Waals surface area contributed by atoms with Crippen molar-refractivity contribution in [3.05, 3.63) is 63.8 Å². The van der Waals surface area contributed by atoms with E-state index in [4.69, 9.17) is 0 Å². The van der Waals surface area contributed by atoms with Gasteiger partial charge in [-0.1, -0.05) is 41.6 Å². The van der Waals surface area contributed by atoms with E-state index in [9.17, 15) is 20.0 Å². The van der Waals surface area contributed by atoms with E-state index >= 15 is 0 Å². The summed E-state index contributed by atoms with van der Waals surface area (Å²) >= 11 is 1.11. The first-order valence-electron chi connectivity index (χ1n) is 7.01. The molecule has 1 aromatic heterocycles. The van der Waals surface area contributed by atoms with Gasteiger partial charge < -0.3 is 5.11 Å². The van der Waals surface area contributed by atoms with E-state index in [0.29, 0.717) is 17.9 Å². The normalized spacial score (nSPS) is 11.9. The standard InChI is InChI=1S/C16H16N2O4S/c1-11-2-4-12(5-3-11)6-8-14(16(19)20)23-15-9-7-13(10-17-15)18(21)22/h2-5,7,9-10,14H,6,8H2,1H3,(H,19,20). The van der Waals surface area contributed by atoms with Gasteiger partial charge in [-0.3, -0.25) is 14.9 Å². The van der Waals surface area contributed by atoms with E-state index in [1.54, 1.807) is 0 Å². The molecule has 0 aliphatic heterocycles. The zero-order chi connectivity index (χ0) is 16.8. The van der Waals surface area contributed by atoms with E-state index in [2.05, 4.69) is 4.98 Å². The second-order valence-corrected chi connectivity index (χ2v) is 6.30. The zero-order valence-corrected chi connectivity index (χ0v) is 13.3. The van der Waals surface area contributed by atoms with Gasteiger partial charge in [0.15, 0.2) is 0 Å². The van der Waals surface area contributed by atoms with E-state index < -0.39 is 16.1 Å². The maximum Gasteiger partial charge on any atom is 0.317 e. The highest BCUT2D eigenvalue weighted by molar-refractivity contribution is 8.00. The molecule has 6 nitrogen and oxygen atoms in total. The van der Waals surface area contributed by atoms with Crippen molar-refractivity contribution in [2.45, 2.75) is 30.0 Å². The summed E-state index contributed by atoms with van der Waals surface area (Å²) in [7, 11) is 0. The summed E-state index contributed by atoms with van der Waals surface area (Å²) in [5.74, 6) is -0.915. The Balaban J connectivity index is 1.99. The van der Waals surface area contributed by atoms with Crippen LogP contribution in [-0.4, -0.2) is 26.2 Å². The van der Waals surface area contributed by atoms with Gasteiger partial charge in [0.2, 0.25) is 0 Å². The van der Waals surface area contributed by atoms with Gasteiger partial charge in [0.25, 0.3) is 5.69 Å². The lowest BCUT2D eigenvalue weighted by molar-refractivity contribution is -0.385. The summed E-state index contributed by atoms with van der Waals surface area (Å²) in [6, 6.07) is 10.8. The van der Waals surface area contributed by atoms with E-state index in [1.165, 1.54) is 12.1 Å². The van der Waals surface area contributed by atoms with Gasteiger partial charge >= 0.3 is 5.97 Å². The number of carboxylic acid groups (broad SMARTS) is 1. The van der Waals surface area contributed by atoms with Crippen LogP contribution in [0.5, 0.6) is 0 Å². The molecule has 0 aliphatic carbocycles. The van der Waals surface area contributed by atoms with Gasteiger partial charge in [-0.15, -0.1) is 0 Å². The molecule has 1 heterocycles. The molecule has 120 valence electrons. The molecule has 0 radical (unpaired) electrons. The second kappa shape index (κ2) is 7.73. The number of hydrogen-bond donors (Lipinski definition) is 1. The molecule has 0 bridgehead atoms. The first kappa shape index (κ1) is 17.0. The minimum atomic E-state index is -0.915. The molecular formula is C16H16N2O4S. The van der Waals surface area contributed by atoms with Crippen molar-refractivity contribution in [3.8, 4) is 0 Å². The van der Waals surface area contributed by atoms with Crippen LogP contribution < -0.4 is 0 Å². The highest BCUT2D eigenvalue weighted by atomic mass is 32.2. The first-order valence-corrected chi connectivity index (χ1v) is 7.89. The predicted octanol–water partition coefficient (Wildman–Crippen LogP) is 3.48. The molecule has 0 aliphatic rings. The Morgan fingerprint density at radius 2 is 2.00 bits per heavy atom. The third-order valence-corrected chi connectivity index (χ3v) is 4.49. The Hall–Kier alpha value is -2.41. The Morgan fingerprint density at radius 1 is 1.30 bits per heavy atom. The van der Waals surface area contributed by atoms with Gasteiger partial charge in [-0.2, -0.15) is 0 Å². The van der Waals surface area contributed by atoms with Crippen LogP contribution in [0.3, 0.4) is 0 Å². The van der Waals surface area contributed by atoms with Crippen LogP contribution in [0.25, 0.3) is 0 Å². The minimum Gasteiger partial charge on any atom is -0.480 e. The third kappa shape index (κ3) is 5.07. The van der Waals surface area contributed by atoms with Crippen LogP contribution in [0.2, 0.25) is 0 Å². The monoisotopic (exact) mass is 332 g/mol. The first-order chi connectivity index (χ1) is 11.0. The van der Waals surface area contributed by atoms with Gasteiger partial charge in [0, 0.05) is 6.07 Å². The summed E-state index contributed by atoms with van der Waals surface area (Å²) < 4.78 is 0. The molecule has 23 heavy (non-hydrogen) atoms. The Morgan fingerprint density at radius 3 is 2.52 bits per heavy atom. The van der Waals surface area contributed by atoms with E-state index in [-0.39, 0.29) is 5.69 Å². The quantitative estimate of drug-likeness (QED) is 0.474. The van der Waals surface area contributed by atoms with Gasteiger partial charge in [0.1, 0.15) is 11.4 Å². The number of thioether (sulfide) groups is 1. The second-order valence-electron chi connectivity index (χ2n) is 5.08. The summed E-state index contributed by atoms with van der Waals surface area (Å²) in [6.45, 7) is 2.00. The average molecular weight is 332 g/mol. The van der Waals surface area contributed by atoms with Crippen LogP contribution in [-0.2, 0) is 11.2 Å². The molecule has 2 aromatic rings. The Bertz CT molecular complexity index is 686. The topological polar surface area (TPSA) is 93.3 Å². The lowest BCUT2D eigenvalue weighted by Gasteiger charge is -2.11. The molecule has 1 N–H and O–H groups in total. The van der Waals surface area contributed by atoms with Crippen molar-refractivity contribution in [3.63, 3.8) is 0 Å². The molecule has 1 aromatic carbocycles. The summed E-state index contributed by atoms with van der Waals surface area (Å²) in [5, 5.41) is 19.8. The number of carbonyl (C=O) groups is 1. The van der Waals surface area contributed by atoms with Gasteiger partial charge in [-0.05, 0) is 31.4 Å². The number of aromatic nitrogens is 1. The predicted molar refractivity (Wildman–Crippen MR) is 87.7 cm³/mol. The number of benzene rings is 1. The fourth-order valence-corrected chi connectivity index (χ4v) is 2.87. The number of hydrogen-bond acceptors (Lipinski definition) is 5. The molecule has 0 amide bonds. The fraction of sp³-hybridized carbons (Fsp3) is 0.250. The van der Waals surface area contributed by atoms with E-state index in [0.717, 1.165) is 29.1 Å². The van der Waals surface area contributed by atoms with Crippen molar-refractivity contribution in [2.75, 3.05) is 0 Å². The Kier molecular flexibility index (Phi) is 5.70. The highest BCUT2D eigenvalue weighted by Crippen LogP contribution is 2.26. The maximum atomic E-state index is 11.4. The lowest BCUT2D eigenvalue weighted by atomic mass is 10.1. The maximum absolute atomic E-state index is 11.4. The van der Waals surface area contributed by atoms with Crippen LogP contribution in [0.15, 0.2) is 47.6 Å². The van der Waals surface area contributed by atoms with Crippen LogP contribution in [0, 0.1) is 17.0 Å². The molecule has 0 saturated carbocycles. The van der Waals surface area contributed by atoms with Gasteiger partial charge in [0.05, 0.1) is 9.95 Å². The van der Waals surface area contributed by atoms with Crippen molar-refractivity contribution in [1.82, 2.24) is 4.98 Å². The minimum absolute atomic E-state index is 0.110. The molecular weight excluding hydrogens is 316 g/mol. The van der Waals surface area contributed by atoms with Crippen molar-refractivity contribution < 1.29 is 14.8 Å². The lowest BCUT2D eigenvalue weighted by Crippen LogP contribution is -2.17. The van der Waals surface area contributed by atoms with Crippen LogP contribution >= 0.6 is 11.8 Å². The molecule has 0 spiro atoms. The van der Waals surface area contributed by atoms with Crippen molar-refractivity contribution >= 4 is 23.4 Å². The molecule has 1 atom stereocenters. The number of aryl methyl sites for hydroxylation is 2. The summed E-state index contributed by atoms with van der Waals surface area (Å²) in [5.41, 5.74) is 2.13. The number of nitrogens with zero attached hydrogens (tertiary/aromatic N) is 2. The number of carboxylic acids is 1. The molecule has 1 unspecified atom stereocenters. The number of pyridine rings is 1. The van der Waals surface area contributed by atoms with Crippen LogP contribution in [0.1, 0.15) is 17.5 Å². The smallest absolute Gasteiger partial charge is 0.317 e. The third-order valence-electron chi connectivity index (χ3n) is 3.29.